The van der Waals surface area contributed by atoms with Crippen LogP contribution in [0.3, 0.4) is 0 Å². The first kappa shape index (κ1) is 20.9. The van der Waals surface area contributed by atoms with Crippen LogP contribution < -0.4 is 9.64 Å². The zero-order chi connectivity index (χ0) is 22.1. The van der Waals surface area contributed by atoms with Gasteiger partial charge in [-0.15, -0.1) is 11.3 Å². The van der Waals surface area contributed by atoms with Crippen molar-refractivity contribution >= 4 is 34.5 Å². The molecule has 4 rings (SSSR count). The molecule has 1 amide bonds. The van der Waals surface area contributed by atoms with Crippen molar-refractivity contribution in [3.8, 4) is 5.75 Å². The predicted octanol–water partition coefficient (Wildman–Crippen LogP) is 5.51. The Morgan fingerprint density at radius 1 is 1.06 bits per heavy atom. The van der Waals surface area contributed by atoms with Gasteiger partial charge >= 0.3 is 0 Å². The standard InChI is InChI=1S/C25H23NO4S/c1-15(2)16-9-11-18(12-10-16)26-22(20-8-5-13-31-20)21(24(28)25(26)29)23(27)17-6-4-7-19(14-17)30-3/h4-15,22,27H,1-3H3/b23-21-. The van der Waals surface area contributed by atoms with Crippen LogP contribution in [0.1, 0.15) is 41.8 Å². The number of amides is 1. The Morgan fingerprint density at radius 3 is 2.42 bits per heavy atom. The number of carbonyl (C=O) groups is 2. The number of benzene rings is 2. The van der Waals surface area contributed by atoms with Crippen LogP contribution in [0.25, 0.3) is 5.76 Å². The number of thiophene rings is 1. The molecule has 158 valence electrons. The van der Waals surface area contributed by atoms with E-state index in [1.165, 1.54) is 23.3 Å². The number of nitrogens with zero attached hydrogens (tertiary/aromatic N) is 1. The van der Waals surface area contributed by atoms with Gasteiger partial charge in [0.2, 0.25) is 0 Å². The van der Waals surface area contributed by atoms with Gasteiger partial charge in [-0.3, -0.25) is 14.5 Å². The quantitative estimate of drug-likeness (QED) is 0.327. The molecule has 31 heavy (non-hydrogen) atoms. The third-order valence-electron chi connectivity index (χ3n) is 5.44. The van der Waals surface area contributed by atoms with Gasteiger partial charge < -0.3 is 9.84 Å². The van der Waals surface area contributed by atoms with Crippen molar-refractivity contribution in [3.05, 3.63) is 87.6 Å². The maximum atomic E-state index is 13.1. The Bertz CT molecular complexity index is 1150. The lowest BCUT2D eigenvalue weighted by molar-refractivity contribution is -0.132. The number of rotatable bonds is 5. The molecule has 3 aromatic rings. The number of hydrogen-bond acceptors (Lipinski definition) is 5. The summed E-state index contributed by atoms with van der Waals surface area (Å²) < 4.78 is 5.24. The van der Waals surface area contributed by atoms with Crippen LogP contribution in [0.15, 0.2) is 71.6 Å². The Morgan fingerprint density at radius 2 is 1.81 bits per heavy atom. The van der Waals surface area contributed by atoms with E-state index in [1.807, 2.05) is 41.8 Å². The highest BCUT2D eigenvalue weighted by Crippen LogP contribution is 2.43. The number of aliphatic hydroxyl groups is 1. The average Bonchev–Trinajstić information content (AvgIpc) is 3.40. The van der Waals surface area contributed by atoms with Gasteiger partial charge in [-0.2, -0.15) is 0 Å². The van der Waals surface area contributed by atoms with Crippen molar-refractivity contribution in [2.75, 3.05) is 12.0 Å². The van der Waals surface area contributed by atoms with Crippen LogP contribution >= 0.6 is 11.3 Å². The maximum absolute atomic E-state index is 13.1. The molecule has 1 unspecified atom stereocenters. The van der Waals surface area contributed by atoms with Crippen LogP contribution in [0.4, 0.5) is 5.69 Å². The molecule has 1 saturated heterocycles. The molecule has 0 bridgehead atoms. The fourth-order valence-corrected chi connectivity index (χ4v) is 4.58. The van der Waals surface area contributed by atoms with Crippen molar-refractivity contribution in [1.29, 1.82) is 0 Å². The first-order valence-corrected chi connectivity index (χ1v) is 10.9. The van der Waals surface area contributed by atoms with E-state index in [9.17, 15) is 14.7 Å². The van der Waals surface area contributed by atoms with Crippen LogP contribution in [-0.4, -0.2) is 23.9 Å². The summed E-state index contributed by atoms with van der Waals surface area (Å²) in [5.74, 6) is -0.662. The summed E-state index contributed by atoms with van der Waals surface area (Å²) in [6.45, 7) is 4.20. The van der Waals surface area contributed by atoms with Gasteiger partial charge in [0.15, 0.2) is 0 Å². The fourth-order valence-electron chi connectivity index (χ4n) is 3.76. The second-order valence-electron chi connectivity index (χ2n) is 7.66. The third kappa shape index (κ3) is 3.75. The molecule has 1 aliphatic rings. The lowest BCUT2D eigenvalue weighted by Crippen LogP contribution is -2.29. The molecule has 0 saturated carbocycles. The van der Waals surface area contributed by atoms with Gasteiger partial charge in [-0.1, -0.05) is 44.2 Å². The van der Waals surface area contributed by atoms with E-state index in [4.69, 9.17) is 4.74 Å². The number of hydrogen-bond donors (Lipinski definition) is 1. The van der Waals surface area contributed by atoms with Crippen molar-refractivity contribution in [2.45, 2.75) is 25.8 Å². The molecular formula is C25H23NO4S. The summed E-state index contributed by atoms with van der Waals surface area (Å²) in [5.41, 5.74) is 2.27. The number of anilines is 1. The highest BCUT2D eigenvalue weighted by atomic mass is 32.1. The summed E-state index contributed by atoms with van der Waals surface area (Å²) in [6, 6.07) is 17.5. The first-order chi connectivity index (χ1) is 14.9. The molecule has 1 aliphatic heterocycles. The van der Waals surface area contributed by atoms with Gasteiger partial charge in [0.25, 0.3) is 11.7 Å². The minimum atomic E-state index is -0.702. The largest absolute Gasteiger partial charge is 0.507 e. The molecule has 0 radical (unpaired) electrons. The van der Waals surface area contributed by atoms with Crippen molar-refractivity contribution in [1.82, 2.24) is 0 Å². The van der Waals surface area contributed by atoms with E-state index in [0.29, 0.717) is 22.9 Å². The number of methoxy groups -OCH3 is 1. The summed E-state index contributed by atoms with van der Waals surface area (Å²) in [6.07, 6.45) is 0. The number of Topliss-reactive ketones (excluding diaryl/α,β-unsaturated/α-hetero) is 1. The molecule has 0 aliphatic carbocycles. The highest BCUT2D eigenvalue weighted by molar-refractivity contribution is 7.10. The van der Waals surface area contributed by atoms with E-state index in [-0.39, 0.29) is 11.3 Å². The SMILES string of the molecule is COc1cccc(/C(O)=C2/C(=O)C(=O)N(c3ccc(C(C)C)cc3)C2c2cccs2)c1. The second-order valence-corrected chi connectivity index (χ2v) is 8.64. The van der Waals surface area contributed by atoms with E-state index in [0.717, 1.165) is 10.4 Å². The van der Waals surface area contributed by atoms with Crippen LogP contribution in [0.2, 0.25) is 0 Å². The summed E-state index contributed by atoms with van der Waals surface area (Å²) in [5, 5.41) is 13.0. The molecule has 1 fully saturated rings. The van der Waals surface area contributed by atoms with Crippen molar-refractivity contribution < 1.29 is 19.4 Å². The van der Waals surface area contributed by atoms with Crippen LogP contribution in [-0.2, 0) is 9.59 Å². The van der Waals surface area contributed by atoms with Crippen LogP contribution in [0.5, 0.6) is 5.75 Å². The minimum Gasteiger partial charge on any atom is -0.507 e. The molecule has 1 atom stereocenters. The van der Waals surface area contributed by atoms with Gasteiger partial charge in [-0.25, -0.2) is 0 Å². The Hall–Kier alpha value is -3.38. The molecule has 0 spiro atoms. The molecular weight excluding hydrogens is 410 g/mol. The molecule has 2 heterocycles. The number of ether oxygens (including phenoxy) is 1. The first-order valence-electron chi connectivity index (χ1n) is 10.0. The van der Waals surface area contributed by atoms with Crippen molar-refractivity contribution in [3.63, 3.8) is 0 Å². The minimum absolute atomic E-state index is 0.0774. The van der Waals surface area contributed by atoms with Gasteiger partial charge in [0, 0.05) is 16.1 Å². The smallest absolute Gasteiger partial charge is 0.300 e. The molecule has 1 N–H and O–H groups in total. The van der Waals surface area contributed by atoms with E-state index < -0.39 is 17.7 Å². The van der Waals surface area contributed by atoms with Gasteiger partial charge in [0.05, 0.1) is 12.7 Å². The zero-order valence-electron chi connectivity index (χ0n) is 17.5. The zero-order valence-corrected chi connectivity index (χ0v) is 18.3. The van der Waals surface area contributed by atoms with E-state index >= 15 is 0 Å². The average molecular weight is 434 g/mol. The maximum Gasteiger partial charge on any atom is 0.300 e. The summed E-state index contributed by atoms with van der Waals surface area (Å²) in [4.78, 5) is 28.5. The number of ketones is 1. The topological polar surface area (TPSA) is 66.8 Å². The van der Waals surface area contributed by atoms with Gasteiger partial charge in [-0.05, 0) is 47.2 Å². The lowest BCUT2D eigenvalue weighted by atomic mass is 9.99. The Kier molecular flexibility index (Phi) is 5.65. The van der Waals surface area contributed by atoms with Crippen LogP contribution in [0, 0.1) is 0 Å². The molecule has 1 aromatic heterocycles. The number of aliphatic hydroxyl groups excluding tert-OH is 1. The monoisotopic (exact) mass is 433 g/mol. The van der Waals surface area contributed by atoms with Gasteiger partial charge in [0.1, 0.15) is 17.6 Å². The number of carbonyl (C=O) groups excluding carboxylic acids is 2. The van der Waals surface area contributed by atoms with Crippen molar-refractivity contribution in [2.24, 2.45) is 0 Å². The van der Waals surface area contributed by atoms with E-state index in [1.54, 1.807) is 24.3 Å². The summed E-state index contributed by atoms with van der Waals surface area (Å²) in [7, 11) is 1.53. The molecule has 6 heteroatoms. The third-order valence-corrected chi connectivity index (χ3v) is 6.36. The Balaban J connectivity index is 1.87. The van der Waals surface area contributed by atoms with E-state index in [2.05, 4.69) is 13.8 Å². The summed E-state index contributed by atoms with van der Waals surface area (Å²) >= 11 is 1.44. The Labute approximate surface area is 185 Å². The normalized spacial score (nSPS) is 18.1. The second kappa shape index (κ2) is 8.40. The highest BCUT2D eigenvalue weighted by Gasteiger charge is 2.47. The molecule has 2 aromatic carbocycles. The molecule has 5 nitrogen and oxygen atoms in total. The predicted molar refractivity (Wildman–Crippen MR) is 123 cm³/mol. The lowest BCUT2D eigenvalue weighted by Gasteiger charge is -2.24. The fraction of sp³-hybridized carbons (Fsp3) is 0.200.